The van der Waals surface area contributed by atoms with E-state index >= 15 is 0 Å². The van der Waals surface area contributed by atoms with E-state index in [1.54, 1.807) is 24.3 Å². The summed E-state index contributed by atoms with van der Waals surface area (Å²) in [6.07, 6.45) is 0.918. The molecular weight excluding hydrogens is 410 g/mol. The molecule has 1 aromatic heterocycles. The van der Waals surface area contributed by atoms with Gasteiger partial charge in [-0.15, -0.1) is 0 Å². The molecule has 4 rings (SSSR count). The minimum atomic E-state index is -0.188. The second-order valence-corrected chi connectivity index (χ2v) is 8.55. The SMILES string of the molecule is CCn1c2ccccc2c2cc(CC(=O)CC(C)CC(=O)Nc3ccccc3C#N)ccc21. The van der Waals surface area contributed by atoms with Gasteiger partial charge in [-0.05, 0) is 48.7 Å². The van der Waals surface area contributed by atoms with E-state index in [0.29, 0.717) is 24.1 Å². The Morgan fingerprint density at radius 2 is 1.70 bits per heavy atom. The number of hydrogen-bond acceptors (Lipinski definition) is 3. The molecule has 0 spiro atoms. The second kappa shape index (κ2) is 9.70. The molecule has 0 aliphatic rings. The molecule has 33 heavy (non-hydrogen) atoms. The molecule has 1 heterocycles. The number of ketones is 1. The lowest BCUT2D eigenvalue weighted by Crippen LogP contribution is -2.18. The van der Waals surface area contributed by atoms with E-state index in [0.717, 1.165) is 12.1 Å². The van der Waals surface area contributed by atoms with Gasteiger partial charge in [-0.3, -0.25) is 9.59 Å². The highest BCUT2D eigenvalue weighted by molar-refractivity contribution is 6.08. The molecule has 0 saturated heterocycles. The molecular formula is C28H27N3O2. The highest BCUT2D eigenvalue weighted by Crippen LogP contribution is 2.30. The van der Waals surface area contributed by atoms with Crippen molar-refractivity contribution in [2.45, 2.75) is 39.7 Å². The maximum Gasteiger partial charge on any atom is 0.224 e. The first-order valence-electron chi connectivity index (χ1n) is 11.3. The van der Waals surface area contributed by atoms with E-state index in [4.69, 9.17) is 5.26 Å². The number of fused-ring (bicyclic) bond motifs is 3. The zero-order chi connectivity index (χ0) is 23.4. The van der Waals surface area contributed by atoms with Crippen LogP contribution in [-0.2, 0) is 22.6 Å². The number of para-hydroxylation sites is 2. The third-order valence-electron chi connectivity index (χ3n) is 5.99. The van der Waals surface area contributed by atoms with Gasteiger partial charge in [0.2, 0.25) is 5.91 Å². The van der Waals surface area contributed by atoms with Crippen LogP contribution in [0.1, 0.15) is 37.8 Å². The number of amides is 1. The van der Waals surface area contributed by atoms with Crippen molar-refractivity contribution in [2.75, 3.05) is 5.32 Å². The lowest BCUT2D eigenvalue weighted by atomic mass is 9.96. The standard InChI is InChI=1S/C28H27N3O2/c1-3-31-26-11-7-5-9-23(26)24-17-20(12-13-27(24)31)16-22(32)14-19(2)15-28(33)30-25-10-6-4-8-21(25)18-29/h4-13,17,19H,3,14-16H2,1-2H3,(H,30,33). The molecule has 5 nitrogen and oxygen atoms in total. The molecule has 4 aromatic rings. The topological polar surface area (TPSA) is 74.9 Å². The molecule has 0 aliphatic carbocycles. The van der Waals surface area contributed by atoms with Crippen molar-refractivity contribution in [3.63, 3.8) is 0 Å². The molecule has 0 fully saturated rings. The van der Waals surface area contributed by atoms with Gasteiger partial charge < -0.3 is 9.88 Å². The smallest absolute Gasteiger partial charge is 0.224 e. The molecule has 0 saturated carbocycles. The Morgan fingerprint density at radius 1 is 0.970 bits per heavy atom. The van der Waals surface area contributed by atoms with Gasteiger partial charge in [0.25, 0.3) is 0 Å². The maximum absolute atomic E-state index is 12.7. The number of aryl methyl sites for hydroxylation is 1. The number of hydrogen-bond donors (Lipinski definition) is 1. The van der Waals surface area contributed by atoms with Gasteiger partial charge in [0.05, 0.1) is 11.3 Å². The lowest BCUT2D eigenvalue weighted by Gasteiger charge is -2.12. The first kappa shape index (κ1) is 22.3. The predicted molar refractivity (Wildman–Crippen MR) is 132 cm³/mol. The van der Waals surface area contributed by atoms with Crippen molar-refractivity contribution in [1.29, 1.82) is 5.26 Å². The summed E-state index contributed by atoms with van der Waals surface area (Å²) < 4.78 is 2.29. The summed E-state index contributed by atoms with van der Waals surface area (Å²) in [5.41, 5.74) is 4.30. The highest BCUT2D eigenvalue weighted by atomic mass is 16.1. The molecule has 1 amide bonds. The number of benzene rings is 3. The minimum absolute atomic E-state index is 0.0857. The number of anilines is 1. The molecule has 1 unspecified atom stereocenters. The third-order valence-corrected chi connectivity index (χ3v) is 5.99. The number of aromatic nitrogens is 1. The lowest BCUT2D eigenvalue weighted by molar-refractivity contribution is -0.120. The zero-order valence-electron chi connectivity index (χ0n) is 19.0. The summed E-state index contributed by atoms with van der Waals surface area (Å²) in [5.74, 6) is -0.157. The van der Waals surface area contributed by atoms with Crippen LogP contribution in [0.25, 0.3) is 21.8 Å². The van der Waals surface area contributed by atoms with Crippen LogP contribution in [0.3, 0.4) is 0 Å². The van der Waals surface area contributed by atoms with Crippen LogP contribution in [0.15, 0.2) is 66.7 Å². The van der Waals surface area contributed by atoms with Crippen LogP contribution in [0.2, 0.25) is 0 Å². The molecule has 1 N–H and O–H groups in total. The van der Waals surface area contributed by atoms with Crippen LogP contribution in [-0.4, -0.2) is 16.3 Å². The Bertz CT molecular complexity index is 1380. The maximum atomic E-state index is 12.7. The van der Waals surface area contributed by atoms with E-state index < -0.39 is 0 Å². The number of Topliss-reactive ketones (excluding diaryl/α,β-unsaturated/α-hetero) is 1. The summed E-state index contributed by atoms with van der Waals surface area (Å²) in [7, 11) is 0. The number of nitriles is 1. The van der Waals surface area contributed by atoms with Crippen molar-refractivity contribution in [1.82, 2.24) is 4.57 Å². The average molecular weight is 438 g/mol. The number of carbonyl (C=O) groups is 2. The third kappa shape index (κ3) is 4.80. The van der Waals surface area contributed by atoms with Gasteiger partial charge in [-0.1, -0.05) is 43.3 Å². The summed E-state index contributed by atoms with van der Waals surface area (Å²) in [5, 5.41) is 14.3. The first-order chi connectivity index (χ1) is 16.0. The van der Waals surface area contributed by atoms with Crippen LogP contribution >= 0.6 is 0 Å². The van der Waals surface area contributed by atoms with Gasteiger partial charge in [-0.25, -0.2) is 0 Å². The van der Waals surface area contributed by atoms with Crippen LogP contribution in [0.4, 0.5) is 5.69 Å². The Labute approximate surface area is 193 Å². The second-order valence-electron chi connectivity index (χ2n) is 8.55. The highest BCUT2D eigenvalue weighted by Gasteiger charge is 2.16. The number of nitrogens with zero attached hydrogens (tertiary/aromatic N) is 2. The van der Waals surface area contributed by atoms with E-state index in [-0.39, 0.29) is 24.0 Å². The number of carbonyl (C=O) groups excluding carboxylic acids is 2. The van der Waals surface area contributed by atoms with Crippen molar-refractivity contribution in [3.8, 4) is 6.07 Å². The fourth-order valence-corrected chi connectivity index (χ4v) is 4.52. The summed E-state index contributed by atoms with van der Waals surface area (Å²) in [4.78, 5) is 25.1. The van der Waals surface area contributed by atoms with Gasteiger partial charge >= 0.3 is 0 Å². The van der Waals surface area contributed by atoms with Crippen molar-refractivity contribution >= 4 is 39.2 Å². The molecule has 0 aliphatic heterocycles. The Balaban J connectivity index is 1.40. The van der Waals surface area contributed by atoms with Gasteiger partial charge in [0.15, 0.2) is 0 Å². The molecule has 1 atom stereocenters. The molecule has 3 aromatic carbocycles. The average Bonchev–Trinajstić information content (AvgIpc) is 3.12. The fraction of sp³-hybridized carbons (Fsp3) is 0.250. The monoisotopic (exact) mass is 437 g/mol. The molecule has 5 heteroatoms. The zero-order valence-corrected chi connectivity index (χ0v) is 19.0. The number of rotatable bonds is 8. The van der Waals surface area contributed by atoms with Gasteiger partial charge in [0.1, 0.15) is 11.9 Å². The van der Waals surface area contributed by atoms with Crippen LogP contribution in [0.5, 0.6) is 0 Å². The van der Waals surface area contributed by atoms with E-state index in [1.807, 2.05) is 25.1 Å². The van der Waals surface area contributed by atoms with Crippen LogP contribution in [0, 0.1) is 17.2 Å². The minimum Gasteiger partial charge on any atom is -0.341 e. The van der Waals surface area contributed by atoms with E-state index in [2.05, 4.69) is 47.1 Å². The van der Waals surface area contributed by atoms with E-state index in [1.165, 1.54) is 21.8 Å². The van der Waals surface area contributed by atoms with Crippen molar-refractivity contribution in [3.05, 3.63) is 77.9 Å². The molecule has 166 valence electrons. The predicted octanol–water partition coefficient (Wildman–Crippen LogP) is 5.85. The Hall–Kier alpha value is -3.91. The summed E-state index contributed by atoms with van der Waals surface area (Å²) in [6, 6.07) is 23.6. The van der Waals surface area contributed by atoms with Gasteiger partial charge in [-0.2, -0.15) is 5.26 Å². The van der Waals surface area contributed by atoms with Gasteiger partial charge in [0, 0.05) is 47.6 Å². The molecule has 0 radical (unpaired) electrons. The largest absolute Gasteiger partial charge is 0.341 e. The summed E-state index contributed by atoms with van der Waals surface area (Å²) >= 11 is 0. The van der Waals surface area contributed by atoms with Crippen molar-refractivity contribution in [2.24, 2.45) is 5.92 Å². The Kier molecular flexibility index (Phi) is 6.55. The number of nitrogens with one attached hydrogen (secondary N) is 1. The molecule has 0 bridgehead atoms. The van der Waals surface area contributed by atoms with Crippen LogP contribution < -0.4 is 5.32 Å². The quantitative estimate of drug-likeness (QED) is 0.375. The first-order valence-corrected chi connectivity index (χ1v) is 11.3. The van der Waals surface area contributed by atoms with Crippen molar-refractivity contribution < 1.29 is 9.59 Å². The van der Waals surface area contributed by atoms with E-state index in [9.17, 15) is 9.59 Å². The normalized spacial score (nSPS) is 11.9. The Morgan fingerprint density at radius 3 is 2.48 bits per heavy atom. The fourth-order valence-electron chi connectivity index (χ4n) is 4.52. The summed E-state index contributed by atoms with van der Waals surface area (Å²) in [6.45, 7) is 4.94.